The number of rotatable bonds is 6. The van der Waals surface area contributed by atoms with Crippen LogP contribution in [0.2, 0.25) is 0 Å². The number of aromatic amines is 1. The van der Waals surface area contributed by atoms with E-state index in [0.717, 1.165) is 5.56 Å². The number of hydrogen-bond acceptors (Lipinski definition) is 4. The van der Waals surface area contributed by atoms with Crippen LogP contribution < -0.4 is 5.32 Å². The number of amides is 1. The van der Waals surface area contributed by atoms with Gasteiger partial charge in [0.25, 0.3) is 5.91 Å². The van der Waals surface area contributed by atoms with Crippen LogP contribution in [0.3, 0.4) is 0 Å². The molecular formula is C15H20N4O2. The number of aromatic nitrogens is 3. The summed E-state index contributed by atoms with van der Waals surface area (Å²) >= 11 is 0. The third-order valence-corrected chi connectivity index (χ3v) is 3.37. The van der Waals surface area contributed by atoms with Gasteiger partial charge in [-0.15, -0.1) is 0 Å². The van der Waals surface area contributed by atoms with Crippen LogP contribution in [0.25, 0.3) is 11.4 Å². The van der Waals surface area contributed by atoms with Crippen molar-refractivity contribution in [2.45, 2.75) is 26.3 Å². The van der Waals surface area contributed by atoms with Crippen LogP contribution in [-0.4, -0.2) is 38.8 Å². The first-order valence-corrected chi connectivity index (χ1v) is 6.99. The van der Waals surface area contributed by atoms with E-state index in [9.17, 15) is 4.79 Å². The SMILES string of the molecule is CC(C)C(CCO)NC(=O)c1cccc(-c2ncn[nH]2)c1. The van der Waals surface area contributed by atoms with E-state index in [4.69, 9.17) is 5.11 Å². The Morgan fingerprint density at radius 1 is 1.43 bits per heavy atom. The van der Waals surface area contributed by atoms with E-state index in [2.05, 4.69) is 20.5 Å². The van der Waals surface area contributed by atoms with Crippen molar-refractivity contribution in [3.8, 4) is 11.4 Å². The van der Waals surface area contributed by atoms with E-state index in [1.54, 1.807) is 12.1 Å². The van der Waals surface area contributed by atoms with Crippen LogP contribution in [0, 0.1) is 5.92 Å². The Bertz CT molecular complexity index is 581. The predicted octanol–water partition coefficient (Wildman–Crippen LogP) is 1.61. The molecular weight excluding hydrogens is 268 g/mol. The number of nitrogens with zero attached hydrogens (tertiary/aromatic N) is 2. The number of hydrogen-bond donors (Lipinski definition) is 3. The van der Waals surface area contributed by atoms with Gasteiger partial charge in [-0.3, -0.25) is 9.89 Å². The van der Waals surface area contributed by atoms with Gasteiger partial charge in [0.15, 0.2) is 5.82 Å². The minimum atomic E-state index is -0.150. The molecule has 0 spiro atoms. The van der Waals surface area contributed by atoms with Crippen LogP contribution in [0.4, 0.5) is 0 Å². The quantitative estimate of drug-likeness (QED) is 0.753. The molecule has 0 saturated carbocycles. The van der Waals surface area contributed by atoms with Gasteiger partial charge in [0.05, 0.1) is 0 Å². The summed E-state index contributed by atoms with van der Waals surface area (Å²) in [5, 5.41) is 18.6. The van der Waals surface area contributed by atoms with Crippen molar-refractivity contribution in [2.24, 2.45) is 5.92 Å². The largest absolute Gasteiger partial charge is 0.396 e. The lowest BCUT2D eigenvalue weighted by Crippen LogP contribution is -2.39. The summed E-state index contributed by atoms with van der Waals surface area (Å²) < 4.78 is 0. The highest BCUT2D eigenvalue weighted by Gasteiger charge is 2.17. The predicted molar refractivity (Wildman–Crippen MR) is 79.6 cm³/mol. The summed E-state index contributed by atoms with van der Waals surface area (Å²) in [5.41, 5.74) is 1.37. The van der Waals surface area contributed by atoms with Crippen molar-refractivity contribution in [3.05, 3.63) is 36.2 Å². The summed E-state index contributed by atoms with van der Waals surface area (Å²) in [7, 11) is 0. The summed E-state index contributed by atoms with van der Waals surface area (Å²) in [6, 6.07) is 7.16. The molecule has 0 aliphatic heterocycles. The fourth-order valence-corrected chi connectivity index (χ4v) is 2.12. The second-order valence-electron chi connectivity index (χ2n) is 5.25. The normalized spacial score (nSPS) is 12.4. The number of carbonyl (C=O) groups excluding carboxylic acids is 1. The molecule has 0 saturated heterocycles. The second kappa shape index (κ2) is 6.99. The highest BCUT2D eigenvalue weighted by Crippen LogP contribution is 2.16. The van der Waals surface area contributed by atoms with Crippen LogP contribution in [0.5, 0.6) is 0 Å². The topological polar surface area (TPSA) is 90.9 Å². The molecule has 1 aromatic carbocycles. The smallest absolute Gasteiger partial charge is 0.251 e. The summed E-state index contributed by atoms with van der Waals surface area (Å²) in [6.07, 6.45) is 1.98. The van der Waals surface area contributed by atoms with Gasteiger partial charge in [-0.2, -0.15) is 5.10 Å². The first-order valence-electron chi connectivity index (χ1n) is 6.99. The maximum Gasteiger partial charge on any atom is 0.251 e. The third-order valence-electron chi connectivity index (χ3n) is 3.37. The van der Waals surface area contributed by atoms with E-state index >= 15 is 0 Å². The number of carbonyl (C=O) groups is 1. The standard InChI is InChI=1S/C15H20N4O2/c1-10(2)13(6-7-20)18-15(21)12-5-3-4-11(8-12)14-16-9-17-19-14/h3-5,8-10,13,20H,6-7H2,1-2H3,(H,18,21)(H,16,17,19). The molecule has 0 fully saturated rings. The highest BCUT2D eigenvalue weighted by molar-refractivity contribution is 5.95. The maximum absolute atomic E-state index is 12.3. The molecule has 0 bridgehead atoms. The minimum absolute atomic E-state index is 0.0450. The molecule has 112 valence electrons. The van der Waals surface area contributed by atoms with Crippen molar-refractivity contribution in [3.63, 3.8) is 0 Å². The fraction of sp³-hybridized carbons (Fsp3) is 0.400. The molecule has 1 heterocycles. The first kappa shape index (κ1) is 15.2. The zero-order valence-electron chi connectivity index (χ0n) is 12.2. The van der Waals surface area contributed by atoms with E-state index < -0.39 is 0 Å². The first-order chi connectivity index (χ1) is 10.1. The lowest BCUT2D eigenvalue weighted by molar-refractivity contribution is 0.0916. The van der Waals surface area contributed by atoms with Gasteiger partial charge >= 0.3 is 0 Å². The van der Waals surface area contributed by atoms with E-state index in [1.165, 1.54) is 6.33 Å². The van der Waals surface area contributed by atoms with Crippen molar-refractivity contribution >= 4 is 5.91 Å². The summed E-state index contributed by atoms with van der Waals surface area (Å²) in [4.78, 5) is 16.4. The van der Waals surface area contributed by atoms with Gasteiger partial charge in [0, 0.05) is 23.8 Å². The van der Waals surface area contributed by atoms with Gasteiger partial charge < -0.3 is 10.4 Å². The van der Waals surface area contributed by atoms with Crippen molar-refractivity contribution in [2.75, 3.05) is 6.61 Å². The van der Waals surface area contributed by atoms with Gasteiger partial charge in [0.2, 0.25) is 0 Å². The Balaban J connectivity index is 2.14. The lowest BCUT2D eigenvalue weighted by atomic mass is 10.0. The summed E-state index contributed by atoms with van der Waals surface area (Å²) in [6.45, 7) is 4.10. The zero-order valence-corrected chi connectivity index (χ0v) is 12.2. The molecule has 2 rings (SSSR count). The van der Waals surface area contributed by atoms with Gasteiger partial charge in [-0.05, 0) is 24.5 Å². The molecule has 1 aromatic heterocycles. The molecule has 1 unspecified atom stereocenters. The average Bonchev–Trinajstić information content (AvgIpc) is 3.01. The third kappa shape index (κ3) is 3.88. The lowest BCUT2D eigenvalue weighted by Gasteiger charge is -2.21. The molecule has 0 radical (unpaired) electrons. The van der Waals surface area contributed by atoms with Crippen LogP contribution in [0.1, 0.15) is 30.6 Å². The van der Waals surface area contributed by atoms with Gasteiger partial charge in [-0.25, -0.2) is 4.98 Å². The fourth-order valence-electron chi connectivity index (χ4n) is 2.12. The number of aliphatic hydroxyl groups excluding tert-OH is 1. The molecule has 21 heavy (non-hydrogen) atoms. The zero-order chi connectivity index (χ0) is 15.2. The second-order valence-corrected chi connectivity index (χ2v) is 5.25. The minimum Gasteiger partial charge on any atom is -0.396 e. The molecule has 6 nitrogen and oxygen atoms in total. The Morgan fingerprint density at radius 2 is 2.24 bits per heavy atom. The Morgan fingerprint density at radius 3 is 2.86 bits per heavy atom. The molecule has 0 aliphatic carbocycles. The molecule has 6 heteroatoms. The maximum atomic E-state index is 12.3. The molecule has 1 atom stereocenters. The number of nitrogens with one attached hydrogen (secondary N) is 2. The van der Waals surface area contributed by atoms with E-state index in [-0.39, 0.29) is 24.5 Å². The number of H-pyrrole nitrogens is 1. The van der Waals surface area contributed by atoms with Gasteiger partial charge in [-0.1, -0.05) is 26.0 Å². The number of aliphatic hydroxyl groups is 1. The number of benzene rings is 1. The van der Waals surface area contributed by atoms with E-state index in [0.29, 0.717) is 17.8 Å². The van der Waals surface area contributed by atoms with E-state index in [1.807, 2.05) is 26.0 Å². The van der Waals surface area contributed by atoms with Crippen molar-refractivity contribution in [1.29, 1.82) is 0 Å². The van der Waals surface area contributed by atoms with Crippen molar-refractivity contribution in [1.82, 2.24) is 20.5 Å². The Hall–Kier alpha value is -2.21. The molecule has 0 aliphatic rings. The summed E-state index contributed by atoms with van der Waals surface area (Å²) in [5.74, 6) is 0.738. The van der Waals surface area contributed by atoms with Crippen LogP contribution in [-0.2, 0) is 0 Å². The van der Waals surface area contributed by atoms with Gasteiger partial charge in [0.1, 0.15) is 6.33 Å². The molecule has 1 amide bonds. The monoisotopic (exact) mass is 288 g/mol. The van der Waals surface area contributed by atoms with Crippen molar-refractivity contribution < 1.29 is 9.90 Å². The Labute approximate surface area is 123 Å². The highest BCUT2D eigenvalue weighted by atomic mass is 16.3. The molecule has 3 N–H and O–H groups in total. The van der Waals surface area contributed by atoms with Crippen LogP contribution in [0.15, 0.2) is 30.6 Å². The average molecular weight is 288 g/mol. The van der Waals surface area contributed by atoms with Crippen LogP contribution >= 0.6 is 0 Å². The Kier molecular flexibility index (Phi) is 5.05. The molecule has 2 aromatic rings.